The Kier molecular flexibility index (Phi) is 4.36. The van der Waals surface area contributed by atoms with Gasteiger partial charge in [-0.2, -0.15) is 0 Å². The van der Waals surface area contributed by atoms with Gasteiger partial charge in [-0.25, -0.2) is 4.68 Å². The molecule has 3 heterocycles. The van der Waals surface area contributed by atoms with E-state index < -0.39 is 0 Å². The Labute approximate surface area is 159 Å². The number of pyridine rings is 1. The van der Waals surface area contributed by atoms with Crippen LogP contribution in [-0.4, -0.2) is 38.3 Å². The normalized spacial score (nSPS) is 18.0. The highest BCUT2D eigenvalue weighted by molar-refractivity contribution is 6.62. The van der Waals surface area contributed by atoms with Gasteiger partial charge in [0.1, 0.15) is 5.69 Å². The van der Waals surface area contributed by atoms with Crippen LogP contribution < -0.4 is 5.46 Å². The maximum atomic E-state index is 6.11. The van der Waals surface area contributed by atoms with Crippen molar-refractivity contribution in [2.24, 2.45) is 0 Å². The minimum Gasteiger partial charge on any atom is -0.399 e. The van der Waals surface area contributed by atoms with E-state index in [1.165, 1.54) is 0 Å². The first-order valence-corrected chi connectivity index (χ1v) is 9.09. The van der Waals surface area contributed by atoms with Crippen molar-refractivity contribution in [3.05, 3.63) is 60.6 Å². The van der Waals surface area contributed by atoms with Gasteiger partial charge in [-0.15, -0.1) is 5.10 Å². The average molecular weight is 362 g/mol. The summed E-state index contributed by atoms with van der Waals surface area (Å²) in [5.74, 6) is 0. The van der Waals surface area contributed by atoms with E-state index >= 15 is 0 Å². The van der Waals surface area contributed by atoms with Gasteiger partial charge in [0.25, 0.3) is 0 Å². The number of hydrogen-bond acceptors (Lipinski definition) is 5. The van der Waals surface area contributed by atoms with Gasteiger partial charge in [-0.1, -0.05) is 29.5 Å². The molecular formula is C20H23BN4O2. The van der Waals surface area contributed by atoms with E-state index in [1.54, 1.807) is 12.4 Å². The molecule has 4 rings (SSSR count). The van der Waals surface area contributed by atoms with E-state index in [-0.39, 0.29) is 18.3 Å². The molecule has 3 aromatic rings. The minimum atomic E-state index is -0.355. The second-order valence-corrected chi connectivity index (χ2v) is 7.87. The summed E-state index contributed by atoms with van der Waals surface area (Å²) in [7, 11) is -0.355. The standard InChI is InChI=1S/C20H23BN4O2/c1-19(2)20(3,4)27-21(26-19)17-7-5-16(6-8-17)18-14-25(24-23-18)13-15-9-11-22-12-10-15/h5-12,14H,13H2,1-4H3. The number of benzene rings is 1. The summed E-state index contributed by atoms with van der Waals surface area (Å²) in [5.41, 5.74) is 3.30. The third-order valence-electron chi connectivity index (χ3n) is 5.36. The van der Waals surface area contributed by atoms with Crippen molar-refractivity contribution >= 4 is 12.6 Å². The fourth-order valence-corrected chi connectivity index (χ4v) is 2.97. The largest absolute Gasteiger partial charge is 0.494 e. The summed E-state index contributed by atoms with van der Waals surface area (Å²) in [5, 5.41) is 8.51. The maximum Gasteiger partial charge on any atom is 0.494 e. The number of nitrogens with zero attached hydrogens (tertiary/aromatic N) is 4. The molecule has 1 aromatic carbocycles. The Morgan fingerprint density at radius 3 is 2.19 bits per heavy atom. The summed E-state index contributed by atoms with van der Waals surface area (Å²) in [4.78, 5) is 4.03. The summed E-state index contributed by atoms with van der Waals surface area (Å²) in [6, 6.07) is 12.1. The minimum absolute atomic E-state index is 0.341. The van der Waals surface area contributed by atoms with E-state index in [2.05, 4.69) is 43.0 Å². The van der Waals surface area contributed by atoms with Gasteiger partial charge >= 0.3 is 7.12 Å². The molecule has 0 saturated carbocycles. The van der Waals surface area contributed by atoms with Crippen molar-refractivity contribution in [1.82, 2.24) is 20.0 Å². The fraction of sp³-hybridized carbons (Fsp3) is 0.350. The summed E-state index contributed by atoms with van der Waals surface area (Å²) < 4.78 is 14.0. The predicted octanol–water partition coefficient (Wildman–Crippen LogP) is 2.69. The van der Waals surface area contributed by atoms with Gasteiger partial charge < -0.3 is 9.31 Å². The Morgan fingerprint density at radius 1 is 0.926 bits per heavy atom. The lowest BCUT2D eigenvalue weighted by Crippen LogP contribution is -2.41. The molecule has 0 amide bonds. The highest BCUT2D eigenvalue weighted by Gasteiger charge is 2.51. The van der Waals surface area contributed by atoms with Gasteiger partial charge in [0.15, 0.2) is 0 Å². The molecule has 1 fully saturated rings. The number of rotatable bonds is 4. The Bertz CT molecular complexity index is 907. The van der Waals surface area contributed by atoms with Gasteiger partial charge in [0.2, 0.25) is 0 Å². The van der Waals surface area contributed by atoms with Crippen molar-refractivity contribution in [3.63, 3.8) is 0 Å². The molecule has 0 atom stereocenters. The molecule has 1 aliphatic rings. The zero-order valence-electron chi connectivity index (χ0n) is 16.1. The molecule has 0 radical (unpaired) electrons. The van der Waals surface area contributed by atoms with Crippen LogP contribution in [-0.2, 0) is 15.9 Å². The molecule has 7 heteroatoms. The van der Waals surface area contributed by atoms with Crippen LogP contribution in [0.2, 0.25) is 0 Å². The first-order valence-electron chi connectivity index (χ1n) is 9.09. The Balaban J connectivity index is 1.49. The lowest BCUT2D eigenvalue weighted by Gasteiger charge is -2.32. The van der Waals surface area contributed by atoms with Crippen LogP contribution in [0.1, 0.15) is 33.3 Å². The van der Waals surface area contributed by atoms with Crippen LogP contribution in [0.3, 0.4) is 0 Å². The van der Waals surface area contributed by atoms with Crippen LogP contribution in [0.5, 0.6) is 0 Å². The molecule has 0 N–H and O–H groups in total. The van der Waals surface area contributed by atoms with E-state index in [1.807, 2.05) is 47.3 Å². The van der Waals surface area contributed by atoms with Gasteiger partial charge in [-0.05, 0) is 50.9 Å². The van der Waals surface area contributed by atoms with Crippen LogP contribution in [0, 0.1) is 0 Å². The number of hydrogen-bond donors (Lipinski definition) is 0. The van der Waals surface area contributed by atoms with Crippen LogP contribution >= 0.6 is 0 Å². The summed E-state index contributed by atoms with van der Waals surface area (Å²) in [6.07, 6.45) is 5.51. The molecule has 27 heavy (non-hydrogen) atoms. The smallest absolute Gasteiger partial charge is 0.399 e. The molecule has 0 unspecified atom stereocenters. The SMILES string of the molecule is CC1(C)OB(c2ccc(-c3cn(Cc4ccncc4)nn3)cc2)OC1(C)C. The topological polar surface area (TPSA) is 62.1 Å². The fourth-order valence-electron chi connectivity index (χ4n) is 2.97. The Morgan fingerprint density at radius 2 is 1.56 bits per heavy atom. The monoisotopic (exact) mass is 362 g/mol. The van der Waals surface area contributed by atoms with Crippen LogP contribution in [0.15, 0.2) is 55.0 Å². The Hall–Kier alpha value is -2.51. The molecule has 1 aliphatic heterocycles. The lowest BCUT2D eigenvalue weighted by atomic mass is 9.79. The quantitative estimate of drug-likeness (QED) is 0.668. The zero-order valence-corrected chi connectivity index (χ0v) is 16.1. The maximum absolute atomic E-state index is 6.11. The van der Waals surface area contributed by atoms with E-state index in [9.17, 15) is 0 Å². The lowest BCUT2D eigenvalue weighted by molar-refractivity contribution is 0.00578. The molecule has 6 nitrogen and oxygen atoms in total. The summed E-state index contributed by atoms with van der Waals surface area (Å²) in [6.45, 7) is 8.90. The van der Waals surface area contributed by atoms with Crippen molar-refractivity contribution in [2.75, 3.05) is 0 Å². The van der Waals surface area contributed by atoms with Crippen molar-refractivity contribution in [1.29, 1.82) is 0 Å². The molecule has 2 aromatic heterocycles. The highest BCUT2D eigenvalue weighted by Crippen LogP contribution is 2.36. The van der Waals surface area contributed by atoms with Gasteiger partial charge in [-0.3, -0.25) is 4.98 Å². The number of aromatic nitrogens is 4. The van der Waals surface area contributed by atoms with Crippen molar-refractivity contribution < 1.29 is 9.31 Å². The van der Waals surface area contributed by atoms with Gasteiger partial charge in [0.05, 0.1) is 23.9 Å². The predicted molar refractivity (Wildman–Crippen MR) is 105 cm³/mol. The first kappa shape index (κ1) is 17.9. The van der Waals surface area contributed by atoms with Crippen molar-refractivity contribution in [3.8, 4) is 11.3 Å². The molecule has 0 spiro atoms. The second-order valence-electron chi connectivity index (χ2n) is 7.87. The highest BCUT2D eigenvalue weighted by atomic mass is 16.7. The third-order valence-corrected chi connectivity index (χ3v) is 5.36. The molecular weight excluding hydrogens is 339 g/mol. The molecule has 1 saturated heterocycles. The summed E-state index contributed by atoms with van der Waals surface area (Å²) >= 11 is 0. The average Bonchev–Trinajstić information content (AvgIpc) is 3.18. The molecule has 0 bridgehead atoms. The van der Waals surface area contributed by atoms with E-state index in [4.69, 9.17) is 9.31 Å². The van der Waals surface area contributed by atoms with Crippen LogP contribution in [0.25, 0.3) is 11.3 Å². The van der Waals surface area contributed by atoms with Crippen molar-refractivity contribution in [2.45, 2.75) is 45.4 Å². The van der Waals surface area contributed by atoms with Gasteiger partial charge in [0, 0.05) is 18.0 Å². The zero-order chi connectivity index (χ0) is 19.1. The van der Waals surface area contributed by atoms with E-state index in [0.29, 0.717) is 6.54 Å². The third kappa shape index (κ3) is 3.52. The molecule has 138 valence electrons. The van der Waals surface area contributed by atoms with E-state index in [0.717, 1.165) is 22.3 Å². The molecule has 0 aliphatic carbocycles. The van der Waals surface area contributed by atoms with Crippen LogP contribution in [0.4, 0.5) is 0 Å². The second kappa shape index (κ2) is 6.58. The first-order chi connectivity index (χ1) is 12.8.